The molecule has 2 heterocycles. The zero-order valence-electron chi connectivity index (χ0n) is 14.2. The highest BCUT2D eigenvalue weighted by atomic mass is 19.1. The zero-order valence-corrected chi connectivity index (χ0v) is 14.2. The molecule has 0 fully saturated rings. The number of nitrogens with one attached hydrogen (secondary N) is 1. The number of aromatic carboxylic acids is 1. The molecule has 3 rings (SSSR count). The number of hydrogen-bond donors (Lipinski definition) is 1. The number of rotatable bonds is 5. The standard InChI is InChI=1S/C19H12FN5O3/c1-2-12-7-16(13(19(27)28)8-14(12)20)22-18(26)15-3-4-17(24-23-15)25-6-5-11(9-21)10-25/h2-8,10H,1H2,(H,22,26)(H,27,28)/p-1. The summed E-state index contributed by atoms with van der Waals surface area (Å²) >= 11 is 0. The lowest BCUT2D eigenvalue weighted by Gasteiger charge is -2.13. The van der Waals surface area contributed by atoms with E-state index in [1.54, 1.807) is 23.0 Å². The van der Waals surface area contributed by atoms with E-state index in [9.17, 15) is 19.1 Å². The van der Waals surface area contributed by atoms with Crippen LogP contribution in [0.3, 0.4) is 0 Å². The molecular formula is C19H11FN5O3-. The first-order valence-electron chi connectivity index (χ1n) is 7.84. The molecule has 0 spiro atoms. The summed E-state index contributed by atoms with van der Waals surface area (Å²) in [5, 5.41) is 30.1. The van der Waals surface area contributed by atoms with E-state index >= 15 is 0 Å². The molecular weight excluding hydrogens is 365 g/mol. The summed E-state index contributed by atoms with van der Waals surface area (Å²) in [6.07, 6.45) is 4.35. The Hall–Kier alpha value is -4.32. The molecule has 0 saturated carbocycles. The van der Waals surface area contributed by atoms with Crippen molar-refractivity contribution in [3.05, 3.63) is 77.5 Å². The van der Waals surface area contributed by atoms with Crippen LogP contribution in [0.15, 0.2) is 49.3 Å². The van der Waals surface area contributed by atoms with Crippen LogP contribution in [0, 0.1) is 17.1 Å². The number of carbonyl (C=O) groups excluding carboxylic acids is 2. The van der Waals surface area contributed by atoms with Gasteiger partial charge >= 0.3 is 0 Å². The maximum atomic E-state index is 13.8. The average molecular weight is 376 g/mol. The Morgan fingerprint density at radius 1 is 1.29 bits per heavy atom. The number of aromatic nitrogens is 3. The quantitative estimate of drug-likeness (QED) is 0.720. The van der Waals surface area contributed by atoms with Gasteiger partial charge in [0, 0.05) is 23.5 Å². The lowest BCUT2D eigenvalue weighted by atomic mass is 10.1. The zero-order chi connectivity index (χ0) is 20.3. The van der Waals surface area contributed by atoms with Crippen molar-refractivity contribution in [1.82, 2.24) is 14.8 Å². The van der Waals surface area contributed by atoms with E-state index in [1.165, 1.54) is 18.2 Å². The van der Waals surface area contributed by atoms with Crippen LogP contribution in [0.25, 0.3) is 11.9 Å². The van der Waals surface area contributed by atoms with Gasteiger partial charge in [-0.1, -0.05) is 12.7 Å². The minimum Gasteiger partial charge on any atom is -0.545 e. The fraction of sp³-hybridized carbons (Fsp3) is 0. The number of nitriles is 1. The summed E-state index contributed by atoms with van der Waals surface area (Å²) in [4.78, 5) is 23.6. The Labute approximate surface area is 158 Å². The topological polar surface area (TPSA) is 124 Å². The summed E-state index contributed by atoms with van der Waals surface area (Å²) in [7, 11) is 0. The van der Waals surface area contributed by atoms with Gasteiger partial charge in [0.2, 0.25) is 0 Å². The number of carbonyl (C=O) groups is 2. The molecule has 28 heavy (non-hydrogen) atoms. The van der Waals surface area contributed by atoms with Gasteiger partial charge in [0.25, 0.3) is 5.91 Å². The third-order valence-corrected chi connectivity index (χ3v) is 3.79. The van der Waals surface area contributed by atoms with Crippen molar-refractivity contribution in [2.24, 2.45) is 0 Å². The normalized spacial score (nSPS) is 10.1. The van der Waals surface area contributed by atoms with Gasteiger partial charge in [-0.3, -0.25) is 4.79 Å². The third-order valence-electron chi connectivity index (χ3n) is 3.79. The smallest absolute Gasteiger partial charge is 0.276 e. The fourth-order valence-corrected chi connectivity index (χ4v) is 2.39. The van der Waals surface area contributed by atoms with Crippen LogP contribution < -0.4 is 10.4 Å². The van der Waals surface area contributed by atoms with Crippen molar-refractivity contribution >= 4 is 23.6 Å². The van der Waals surface area contributed by atoms with Crippen LogP contribution >= 0.6 is 0 Å². The first-order chi connectivity index (χ1) is 13.4. The van der Waals surface area contributed by atoms with Crippen molar-refractivity contribution in [3.8, 4) is 11.9 Å². The van der Waals surface area contributed by atoms with Crippen LogP contribution in [0.4, 0.5) is 10.1 Å². The number of anilines is 1. The van der Waals surface area contributed by atoms with Gasteiger partial charge in [-0.2, -0.15) is 5.26 Å². The highest BCUT2D eigenvalue weighted by Gasteiger charge is 2.15. The average Bonchev–Trinajstić information content (AvgIpc) is 3.18. The number of halogens is 1. The molecule has 1 aromatic carbocycles. The van der Waals surface area contributed by atoms with Crippen LogP contribution in [-0.2, 0) is 0 Å². The molecule has 0 aliphatic carbocycles. The molecule has 0 bridgehead atoms. The Morgan fingerprint density at radius 2 is 2.07 bits per heavy atom. The number of benzene rings is 1. The molecule has 138 valence electrons. The second-order valence-electron chi connectivity index (χ2n) is 5.56. The Bertz CT molecular complexity index is 1130. The van der Waals surface area contributed by atoms with Crippen LogP contribution in [0.1, 0.15) is 32.0 Å². The maximum absolute atomic E-state index is 13.8. The highest BCUT2D eigenvalue weighted by Crippen LogP contribution is 2.22. The predicted molar refractivity (Wildman–Crippen MR) is 94.8 cm³/mol. The van der Waals surface area contributed by atoms with Gasteiger partial charge < -0.3 is 19.8 Å². The number of amides is 1. The Kier molecular flexibility index (Phi) is 4.95. The van der Waals surface area contributed by atoms with Crippen molar-refractivity contribution in [2.75, 3.05) is 5.32 Å². The Balaban J connectivity index is 1.86. The monoisotopic (exact) mass is 376 g/mol. The summed E-state index contributed by atoms with van der Waals surface area (Å²) in [5.41, 5.74) is -0.311. The molecule has 9 heteroatoms. The van der Waals surface area contributed by atoms with Crippen molar-refractivity contribution in [3.63, 3.8) is 0 Å². The molecule has 1 amide bonds. The van der Waals surface area contributed by atoms with E-state index in [2.05, 4.69) is 22.1 Å². The third kappa shape index (κ3) is 3.61. The van der Waals surface area contributed by atoms with Gasteiger partial charge in [-0.15, -0.1) is 10.2 Å². The number of carboxylic acids is 1. The number of hydrogen-bond acceptors (Lipinski definition) is 6. The molecule has 3 aromatic rings. The van der Waals surface area contributed by atoms with Crippen molar-refractivity contribution < 1.29 is 19.1 Å². The maximum Gasteiger partial charge on any atom is 0.276 e. The minimum absolute atomic E-state index is 0.0163. The van der Waals surface area contributed by atoms with Crippen LogP contribution in [0.2, 0.25) is 0 Å². The van der Waals surface area contributed by atoms with E-state index in [0.717, 1.165) is 12.1 Å². The van der Waals surface area contributed by atoms with Gasteiger partial charge in [-0.05, 0) is 30.3 Å². The van der Waals surface area contributed by atoms with Crippen molar-refractivity contribution in [2.45, 2.75) is 0 Å². The Morgan fingerprint density at radius 3 is 2.64 bits per heavy atom. The van der Waals surface area contributed by atoms with Gasteiger partial charge in [0.05, 0.1) is 17.2 Å². The van der Waals surface area contributed by atoms with E-state index in [4.69, 9.17) is 5.26 Å². The highest BCUT2D eigenvalue weighted by molar-refractivity contribution is 6.06. The van der Waals surface area contributed by atoms with Crippen molar-refractivity contribution in [1.29, 1.82) is 5.26 Å². The van der Waals surface area contributed by atoms with Gasteiger partial charge in [0.1, 0.15) is 11.9 Å². The SMILES string of the molecule is C=Cc1cc(NC(=O)c2ccc(-n3ccc(C#N)c3)nn2)c(C(=O)[O-])cc1F. The molecule has 1 N–H and O–H groups in total. The lowest BCUT2D eigenvalue weighted by Crippen LogP contribution is -2.25. The summed E-state index contributed by atoms with van der Waals surface area (Å²) in [5.74, 6) is -2.82. The molecule has 0 unspecified atom stereocenters. The predicted octanol–water partition coefficient (Wildman–Crippen LogP) is 1.54. The van der Waals surface area contributed by atoms with E-state index in [1.807, 2.05) is 6.07 Å². The van der Waals surface area contributed by atoms with Gasteiger partial charge in [-0.25, -0.2) is 4.39 Å². The summed E-state index contributed by atoms with van der Waals surface area (Å²) in [6.45, 7) is 3.43. The van der Waals surface area contributed by atoms with Crippen LogP contribution in [-0.4, -0.2) is 26.6 Å². The first kappa shape index (κ1) is 18.5. The lowest BCUT2D eigenvalue weighted by molar-refractivity contribution is -0.254. The first-order valence-corrected chi connectivity index (χ1v) is 7.84. The minimum atomic E-state index is -1.65. The molecule has 0 atom stereocenters. The summed E-state index contributed by atoms with van der Waals surface area (Å²) < 4.78 is 15.3. The molecule has 0 aliphatic heterocycles. The van der Waals surface area contributed by atoms with E-state index in [-0.39, 0.29) is 16.9 Å². The summed E-state index contributed by atoms with van der Waals surface area (Å²) in [6, 6.07) is 8.33. The fourth-order valence-electron chi connectivity index (χ4n) is 2.39. The van der Waals surface area contributed by atoms with E-state index < -0.39 is 23.3 Å². The molecule has 8 nitrogen and oxygen atoms in total. The second kappa shape index (κ2) is 7.51. The van der Waals surface area contributed by atoms with Gasteiger partial charge in [0.15, 0.2) is 11.5 Å². The number of nitrogens with zero attached hydrogens (tertiary/aromatic N) is 4. The molecule has 2 aromatic heterocycles. The molecule has 0 radical (unpaired) electrons. The molecule has 0 aliphatic rings. The molecule has 0 saturated heterocycles. The second-order valence-corrected chi connectivity index (χ2v) is 5.56. The van der Waals surface area contributed by atoms with Crippen LogP contribution in [0.5, 0.6) is 0 Å². The number of carboxylic acid groups (broad SMARTS) is 1. The largest absolute Gasteiger partial charge is 0.545 e. The van der Waals surface area contributed by atoms with E-state index in [0.29, 0.717) is 11.4 Å².